The molecule has 2 aliphatic heterocycles. The fourth-order valence-corrected chi connectivity index (χ4v) is 4.95. The number of nitrogens with one attached hydrogen (secondary N) is 1. The molecule has 3 aromatic carbocycles. The standard InChI is InChI=1S/C27H21FN3O4.ClH/c1-32-23-5-2-15-8-22-18-11-25-24(34-14-35-25)9-16(18)6-7-31(22)12-19(15)27(23)33-13-26-29-20-4-3-17(28)10-21(20)30-26;/h2-5,8-12H,6-7,13-14H2,1H3,(H,29,30);1H/q+1;/p-1. The molecule has 7 rings (SSSR count). The number of pyridine rings is 1. The van der Waals surface area contributed by atoms with Crippen molar-refractivity contribution in [1.82, 2.24) is 9.97 Å². The second-order valence-electron chi connectivity index (χ2n) is 8.70. The van der Waals surface area contributed by atoms with Crippen LogP contribution in [0.15, 0.2) is 54.7 Å². The molecular formula is C27H21ClFN3O4. The van der Waals surface area contributed by atoms with Gasteiger partial charge in [-0.05, 0) is 53.4 Å². The maximum Gasteiger partial charge on any atom is 0.231 e. The van der Waals surface area contributed by atoms with Gasteiger partial charge in [0.1, 0.15) is 18.2 Å². The van der Waals surface area contributed by atoms with Crippen molar-refractivity contribution in [2.45, 2.75) is 19.6 Å². The lowest BCUT2D eigenvalue weighted by Gasteiger charge is -2.17. The van der Waals surface area contributed by atoms with E-state index in [0.717, 1.165) is 46.5 Å². The molecule has 1 N–H and O–H groups in total. The van der Waals surface area contributed by atoms with Gasteiger partial charge in [-0.15, -0.1) is 0 Å². The first-order valence-corrected chi connectivity index (χ1v) is 11.4. The Morgan fingerprint density at radius 1 is 1.08 bits per heavy atom. The van der Waals surface area contributed by atoms with Crippen LogP contribution in [0.4, 0.5) is 4.39 Å². The maximum absolute atomic E-state index is 13.6. The highest BCUT2D eigenvalue weighted by Gasteiger charge is 2.28. The van der Waals surface area contributed by atoms with Crippen LogP contribution in [0.1, 0.15) is 11.4 Å². The molecular weight excluding hydrogens is 485 g/mol. The Morgan fingerprint density at radius 3 is 2.81 bits per heavy atom. The van der Waals surface area contributed by atoms with Crippen molar-refractivity contribution in [2.75, 3.05) is 13.9 Å². The number of rotatable bonds is 4. The van der Waals surface area contributed by atoms with Gasteiger partial charge >= 0.3 is 0 Å². The number of halogens is 2. The zero-order valence-corrected chi connectivity index (χ0v) is 20.1. The number of aromatic amines is 1. The monoisotopic (exact) mass is 505 g/mol. The summed E-state index contributed by atoms with van der Waals surface area (Å²) in [5.74, 6) is 3.17. The Labute approximate surface area is 211 Å². The molecule has 0 saturated heterocycles. The summed E-state index contributed by atoms with van der Waals surface area (Å²) >= 11 is 0. The minimum atomic E-state index is -0.309. The number of hydrogen-bond acceptors (Lipinski definition) is 5. The van der Waals surface area contributed by atoms with Gasteiger partial charge in [-0.1, -0.05) is 0 Å². The number of fused-ring (bicyclic) bond motifs is 6. The quantitative estimate of drug-likeness (QED) is 0.376. The second kappa shape index (κ2) is 8.57. The minimum Gasteiger partial charge on any atom is -1.00 e. The lowest BCUT2D eigenvalue weighted by Crippen LogP contribution is -3.00. The normalized spacial score (nSPS) is 13.3. The fourth-order valence-electron chi connectivity index (χ4n) is 4.95. The molecule has 182 valence electrons. The highest BCUT2D eigenvalue weighted by Crippen LogP contribution is 2.41. The van der Waals surface area contributed by atoms with E-state index in [1.54, 1.807) is 13.2 Å². The van der Waals surface area contributed by atoms with Crippen molar-refractivity contribution >= 4 is 21.8 Å². The number of aryl methyl sites for hydroxylation is 2. The molecule has 4 heterocycles. The van der Waals surface area contributed by atoms with Crippen LogP contribution in [-0.4, -0.2) is 23.9 Å². The van der Waals surface area contributed by atoms with Gasteiger partial charge < -0.3 is 36.3 Å². The van der Waals surface area contributed by atoms with Gasteiger partial charge in [-0.25, -0.2) is 9.37 Å². The van der Waals surface area contributed by atoms with E-state index in [9.17, 15) is 4.39 Å². The third-order valence-corrected chi connectivity index (χ3v) is 6.64. The van der Waals surface area contributed by atoms with Crippen molar-refractivity contribution in [3.8, 4) is 34.3 Å². The van der Waals surface area contributed by atoms with Gasteiger partial charge in [-0.2, -0.15) is 4.57 Å². The van der Waals surface area contributed by atoms with E-state index in [0.29, 0.717) is 28.4 Å². The Bertz CT molecular complexity index is 1650. The van der Waals surface area contributed by atoms with Gasteiger partial charge in [0.2, 0.25) is 12.5 Å². The third-order valence-electron chi connectivity index (χ3n) is 6.64. The average Bonchev–Trinajstić information content (AvgIpc) is 3.50. The van der Waals surface area contributed by atoms with Crippen LogP contribution in [0.25, 0.3) is 33.1 Å². The molecule has 36 heavy (non-hydrogen) atoms. The van der Waals surface area contributed by atoms with Crippen LogP contribution < -0.4 is 35.9 Å². The molecule has 0 unspecified atom stereocenters. The average molecular weight is 506 g/mol. The highest BCUT2D eigenvalue weighted by atomic mass is 35.5. The Kier molecular flexibility index (Phi) is 5.34. The maximum atomic E-state index is 13.6. The van der Waals surface area contributed by atoms with E-state index >= 15 is 0 Å². The molecule has 0 radical (unpaired) electrons. The van der Waals surface area contributed by atoms with Gasteiger partial charge in [0, 0.05) is 12.5 Å². The van der Waals surface area contributed by atoms with Crippen molar-refractivity contribution < 1.29 is 40.3 Å². The molecule has 0 aliphatic carbocycles. The number of imidazole rings is 1. The van der Waals surface area contributed by atoms with E-state index in [-0.39, 0.29) is 31.6 Å². The van der Waals surface area contributed by atoms with Crippen LogP contribution >= 0.6 is 0 Å². The van der Waals surface area contributed by atoms with Crippen LogP contribution in [0.2, 0.25) is 0 Å². The van der Waals surface area contributed by atoms with Crippen LogP contribution in [0.3, 0.4) is 0 Å². The summed E-state index contributed by atoms with van der Waals surface area (Å²) in [6.07, 6.45) is 3.01. The first kappa shape index (κ1) is 22.4. The van der Waals surface area contributed by atoms with Crippen LogP contribution in [0, 0.1) is 5.82 Å². The number of benzene rings is 3. The number of methoxy groups -OCH3 is 1. The Hall–Kier alpha value is -4.04. The summed E-state index contributed by atoms with van der Waals surface area (Å²) in [5.41, 5.74) is 4.85. The Balaban J connectivity index is 0.00000240. The van der Waals surface area contributed by atoms with E-state index in [1.807, 2.05) is 12.1 Å². The summed E-state index contributed by atoms with van der Waals surface area (Å²) in [6, 6.07) is 14.7. The summed E-state index contributed by atoms with van der Waals surface area (Å²) in [4.78, 5) is 7.64. The van der Waals surface area contributed by atoms with Crippen molar-refractivity contribution in [3.63, 3.8) is 0 Å². The number of hydrogen-bond donors (Lipinski definition) is 1. The predicted molar refractivity (Wildman–Crippen MR) is 126 cm³/mol. The molecule has 9 heteroatoms. The van der Waals surface area contributed by atoms with Gasteiger partial charge in [0.15, 0.2) is 35.7 Å². The third kappa shape index (κ3) is 3.56. The van der Waals surface area contributed by atoms with Gasteiger partial charge in [0.25, 0.3) is 0 Å². The molecule has 0 atom stereocenters. The number of nitrogens with zero attached hydrogens (tertiary/aromatic N) is 2. The smallest absolute Gasteiger partial charge is 0.231 e. The molecule has 0 fully saturated rings. The van der Waals surface area contributed by atoms with E-state index in [2.05, 4.69) is 38.9 Å². The Morgan fingerprint density at radius 2 is 1.94 bits per heavy atom. The van der Waals surface area contributed by atoms with Gasteiger partial charge in [0.05, 0.1) is 29.1 Å². The molecule has 0 spiro atoms. The lowest BCUT2D eigenvalue weighted by molar-refractivity contribution is -0.686. The second-order valence-corrected chi connectivity index (χ2v) is 8.70. The van der Waals surface area contributed by atoms with Gasteiger partial charge in [-0.3, -0.25) is 0 Å². The fraction of sp³-hybridized carbons (Fsp3) is 0.185. The van der Waals surface area contributed by atoms with Crippen molar-refractivity contribution in [1.29, 1.82) is 0 Å². The number of ether oxygens (including phenoxy) is 4. The molecule has 5 aromatic rings. The molecule has 2 aliphatic rings. The van der Waals surface area contributed by atoms with E-state index < -0.39 is 0 Å². The van der Waals surface area contributed by atoms with Crippen molar-refractivity contribution in [3.05, 3.63) is 71.9 Å². The van der Waals surface area contributed by atoms with Crippen LogP contribution in [-0.2, 0) is 19.6 Å². The highest BCUT2D eigenvalue weighted by molar-refractivity contribution is 5.91. The van der Waals surface area contributed by atoms with E-state index in [4.69, 9.17) is 18.9 Å². The predicted octanol–water partition coefficient (Wildman–Crippen LogP) is 1.69. The molecule has 2 aromatic heterocycles. The van der Waals surface area contributed by atoms with Crippen LogP contribution in [0.5, 0.6) is 23.0 Å². The topological polar surface area (TPSA) is 69.5 Å². The summed E-state index contributed by atoms with van der Waals surface area (Å²) in [5, 5.41) is 1.98. The lowest BCUT2D eigenvalue weighted by atomic mass is 9.95. The zero-order valence-electron chi connectivity index (χ0n) is 19.3. The number of aromatic nitrogens is 3. The summed E-state index contributed by atoms with van der Waals surface area (Å²) < 4.78 is 38.8. The minimum absolute atomic E-state index is 0. The summed E-state index contributed by atoms with van der Waals surface area (Å²) in [6.45, 7) is 1.29. The van der Waals surface area contributed by atoms with Crippen molar-refractivity contribution in [2.24, 2.45) is 0 Å². The summed E-state index contributed by atoms with van der Waals surface area (Å²) in [7, 11) is 1.63. The SMILES string of the molecule is COc1ccc2cc3[n+](cc2c1OCc1nc2ccc(F)cc2[nH]1)CCc1cc2c(cc1-3)OCO2.[Cl-]. The molecule has 7 nitrogen and oxygen atoms in total. The van der Waals surface area contributed by atoms with E-state index in [1.165, 1.54) is 17.7 Å². The molecule has 0 saturated carbocycles. The molecule has 0 amide bonds. The zero-order chi connectivity index (χ0) is 23.5. The first-order chi connectivity index (χ1) is 17.2. The largest absolute Gasteiger partial charge is 1.00 e. The molecule has 0 bridgehead atoms. The number of H-pyrrole nitrogens is 1. The first-order valence-electron chi connectivity index (χ1n) is 11.4.